The molecule has 0 saturated carbocycles. The monoisotopic (exact) mass is 274 g/mol. The first kappa shape index (κ1) is 12.2. The van der Waals surface area contributed by atoms with E-state index in [1.165, 1.54) is 0 Å². The molecule has 3 aromatic carbocycles. The molecule has 0 radical (unpaired) electrons. The quantitative estimate of drug-likeness (QED) is 0.649. The van der Waals surface area contributed by atoms with Crippen molar-refractivity contribution in [2.75, 3.05) is 0 Å². The highest BCUT2D eigenvalue weighted by Crippen LogP contribution is 2.48. The minimum atomic E-state index is -0.709. The minimum absolute atomic E-state index is 0.709. The molecule has 0 spiro atoms. The number of hydrogen-bond acceptors (Lipinski definition) is 2. The number of benzene rings is 3. The van der Waals surface area contributed by atoms with Crippen molar-refractivity contribution in [3.8, 4) is 5.75 Å². The Kier molecular flexibility index (Phi) is 2.76. The molecule has 3 aromatic rings. The van der Waals surface area contributed by atoms with E-state index in [-0.39, 0.29) is 0 Å². The Morgan fingerprint density at radius 3 is 1.71 bits per heavy atom. The second-order valence-electron chi connectivity index (χ2n) is 5.08. The van der Waals surface area contributed by atoms with Crippen molar-refractivity contribution >= 4 is 0 Å². The Bertz CT molecular complexity index is 711. The van der Waals surface area contributed by atoms with Crippen molar-refractivity contribution in [2.45, 2.75) is 5.60 Å². The van der Waals surface area contributed by atoms with Gasteiger partial charge < -0.3 is 4.89 Å². The van der Waals surface area contributed by atoms with Gasteiger partial charge in [-0.25, -0.2) is 0 Å². The van der Waals surface area contributed by atoms with E-state index in [4.69, 9.17) is 9.78 Å². The lowest BCUT2D eigenvalue weighted by atomic mass is 9.80. The predicted molar refractivity (Wildman–Crippen MR) is 80.9 cm³/mol. The summed E-state index contributed by atoms with van der Waals surface area (Å²) in [6.45, 7) is 0. The lowest BCUT2D eigenvalue weighted by Gasteiger charge is -2.27. The summed E-state index contributed by atoms with van der Waals surface area (Å²) < 4.78 is 0. The van der Waals surface area contributed by atoms with Crippen molar-refractivity contribution in [1.82, 2.24) is 0 Å². The zero-order chi connectivity index (χ0) is 14.1. The van der Waals surface area contributed by atoms with E-state index < -0.39 is 5.60 Å². The zero-order valence-electron chi connectivity index (χ0n) is 11.4. The molecule has 1 aliphatic rings. The topological polar surface area (TPSA) is 18.5 Å². The van der Waals surface area contributed by atoms with Gasteiger partial charge in [-0.15, -0.1) is 0 Å². The Hall–Kier alpha value is -2.58. The van der Waals surface area contributed by atoms with Crippen LogP contribution < -0.4 is 4.89 Å². The summed E-state index contributed by atoms with van der Waals surface area (Å²) in [6.07, 6.45) is 0. The highest BCUT2D eigenvalue weighted by molar-refractivity contribution is 5.54. The molecule has 0 aliphatic carbocycles. The molecule has 21 heavy (non-hydrogen) atoms. The third kappa shape index (κ3) is 1.77. The highest BCUT2D eigenvalue weighted by atomic mass is 17.2. The normalized spacial score (nSPS) is 15.2. The molecular formula is C19H14O2. The molecule has 0 amide bonds. The van der Waals surface area contributed by atoms with Crippen LogP contribution in [0.3, 0.4) is 0 Å². The average molecular weight is 274 g/mol. The van der Waals surface area contributed by atoms with Gasteiger partial charge in [0.1, 0.15) is 0 Å². The number of fused-ring (bicyclic) bond motifs is 1. The molecule has 102 valence electrons. The van der Waals surface area contributed by atoms with Gasteiger partial charge in [-0.05, 0) is 17.2 Å². The van der Waals surface area contributed by atoms with Crippen LogP contribution in [0.5, 0.6) is 5.75 Å². The SMILES string of the molecule is c1ccc(C2(c3ccccc3)OOc3ccccc32)cc1. The van der Waals surface area contributed by atoms with Crippen LogP contribution in [-0.2, 0) is 10.5 Å². The molecule has 2 heteroatoms. The largest absolute Gasteiger partial charge is 0.335 e. The van der Waals surface area contributed by atoms with E-state index >= 15 is 0 Å². The molecule has 0 N–H and O–H groups in total. The first-order chi connectivity index (χ1) is 10.4. The van der Waals surface area contributed by atoms with Crippen molar-refractivity contribution < 1.29 is 9.78 Å². The maximum atomic E-state index is 5.88. The fourth-order valence-corrected chi connectivity index (χ4v) is 2.90. The smallest absolute Gasteiger partial charge is 0.194 e. The summed E-state index contributed by atoms with van der Waals surface area (Å²) in [7, 11) is 0. The van der Waals surface area contributed by atoms with Gasteiger partial charge in [0.15, 0.2) is 11.4 Å². The van der Waals surface area contributed by atoms with Crippen LogP contribution in [0.15, 0.2) is 84.9 Å². The van der Waals surface area contributed by atoms with E-state index in [0.717, 1.165) is 22.4 Å². The molecule has 0 bridgehead atoms. The average Bonchev–Trinajstić information content (AvgIpc) is 2.97. The molecule has 2 nitrogen and oxygen atoms in total. The van der Waals surface area contributed by atoms with Gasteiger partial charge in [0.25, 0.3) is 0 Å². The molecular weight excluding hydrogens is 260 g/mol. The molecule has 0 unspecified atom stereocenters. The summed E-state index contributed by atoms with van der Waals surface area (Å²) in [6, 6.07) is 28.3. The maximum absolute atomic E-state index is 5.88. The standard InChI is InChI=1S/C19H14O2/c1-3-9-15(10-4-1)19(16-11-5-2-6-12-16)17-13-7-8-14-18(17)20-21-19/h1-14H. The van der Waals surface area contributed by atoms with Crippen molar-refractivity contribution in [3.05, 3.63) is 102 Å². The third-order valence-electron chi connectivity index (χ3n) is 3.88. The van der Waals surface area contributed by atoms with E-state index in [9.17, 15) is 0 Å². The van der Waals surface area contributed by atoms with Crippen LogP contribution in [0.1, 0.15) is 16.7 Å². The van der Waals surface area contributed by atoms with Gasteiger partial charge in [-0.1, -0.05) is 78.9 Å². The van der Waals surface area contributed by atoms with Gasteiger partial charge in [0.2, 0.25) is 0 Å². The number of hydrogen-bond donors (Lipinski definition) is 0. The third-order valence-corrected chi connectivity index (χ3v) is 3.88. The van der Waals surface area contributed by atoms with Crippen molar-refractivity contribution in [1.29, 1.82) is 0 Å². The van der Waals surface area contributed by atoms with Gasteiger partial charge in [0, 0.05) is 5.56 Å². The predicted octanol–water partition coefficient (Wildman–Crippen LogP) is 4.30. The fraction of sp³-hybridized carbons (Fsp3) is 0.0526. The number of para-hydroxylation sites is 1. The van der Waals surface area contributed by atoms with Crippen molar-refractivity contribution in [2.24, 2.45) is 0 Å². The molecule has 4 rings (SSSR count). The molecule has 0 fully saturated rings. The Morgan fingerprint density at radius 2 is 1.10 bits per heavy atom. The van der Waals surface area contributed by atoms with E-state index in [1.807, 2.05) is 54.6 Å². The Morgan fingerprint density at radius 1 is 0.571 bits per heavy atom. The number of rotatable bonds is 2. The van der Waals surface area contributed by atoms with Gasteiger partial charge >= 0.3 is 0 Å². The van der Waals surface area contributed by atoms with Crippen LogP contribution in [0.4, 0.5) is 0 Å². The molecule has 0 atom stereocenters. The van der Waals surface area contributed by atoms with Crippen LogP contribution >= 0.6 is 0 Å². The van der Waals surface area contributed by atoms with Crippen LogP contribution in [0.2, 0.25) is 0 Å². The summed E-state index contributed by atoms with van der Waals surface area (Å²) in [4.78, 5) is 11.4. The van der Waals surface area contributed by atoms with Gasteiger partial charge in [-0.3, -0.25) is 0 Å². The second kappa shape index (κ2) is 4.76. The molecule has 0 saturated heterocycles. The first-order valence-electron chi connectivity index (χ1n) is 6.97. The van der Waals surface area contributed by atoms with Crippen LogP contribution in [0.25, 0.3) is 0 Å². The first-order valence-corrected chi connectivity index (χ1v) is 6.97. The van der Waals surface area contributed by atoms with E-state index in [0.29, 0.717) is 0 Å². The summed E-state index contributed by atoms with van der Waals surface area (Å²) >= 11 is 0. The molecule has 0 aromatic heterocycles. The van der Waals surface area contributed by atoms with Crippen LogP contribution in [0, 0.1) is 0 Å². The van der Waals surface area contributed by atoms with E-state index in [1.54, 1.807) is 0 Å². The maximum Gasteiger partial charge on any atom is 0.194 e. The lowest BCUT2D eigenvalue weighted by molar-refractivity contribution is -0.244. The summed E-state index contributed by atoms with van der Waals surface area (Å²) in [5.41, 5.74) is 2.43. The molecule has 1 heterocycles. The summed E-state index contributed by atoms with van der Waals surface area (Å²) in [5.74, 6) is 0.769. The van der Waals surface area contributed by atoms with Gasteiger partial charge in [0.05, 0.1) is 0 Å². The summed E-state index contributed by atoms with van der Waals surface area (Å²) in [5, 5.41) is 0. The lowest BCUT2D eigenvalue weighted by Crippen LogP contribution is -2.29. The zero-order valence-corrected chi connectivity index (χ0v) is 11.4. The highest BCUT2D eigenvalue weighted by Gasteiger charge is 2.46. The Balaban J connectivity index is 2.02. The van der Waals surface area contributed by atoms with Crippen molar-refractivity contribution in [3.63, 3.8) is 0 Å². The Labute approximate surface area is 123 Å². The second-order valence-corrected chi connectivity index (χ2v) is 5.08. The van der Waals surface area contributed by atoms with Crippen LogP contribution in [-0.4, -0.2) is 0 Å². The minimum Gasteiger partial charge on any atom is -0.335 e. The fourth-order valence-electron chi connectivity index (χ4n) is 2.90. The molecule has 1 aliphatic heterocycles. The van der Waals surface area contributed by atoms with Gasteiger partial charge in [-0.2, -0.15) is 4.89 Å². The van der Waals surface area contributed by atoms with E-state index in [2.05, 4.69) is 30.3 Å².